The normalized spacial score (nSPS) is 12.6. The molecule has 0 aliphatic heterocycles. The van der Waals surface area contributed by atoms with Gasteiger partial charge in [-0.2, -0.15) is 17.5 Å². The van der Waals surface area contributed by atoms with Gasteiger partial charge in [0.2, 0.25) is 10.0 Å². The number of sulfonamides is 1. The zero-order chi connectivity index (χ0) is 16.4. The first-order valence-electron chi connectivity index (χ1n) is 5.60. The fourth-order valence-electron chi connectivity index (χ4n) is 1.59. The Morgan fingerprint density at radius 3 is 2.33 bits per heavy atom. The van der Waals surface area contributed by atoms with Gasteiger partial charge in [-0.05, 0) is 6.07 Å². The van der Waals surface area contributed by atoms with E-state index < -0.39 is 50.5 Å². The quantitative estimate of drug-likeness (QED) is 0.504. The SMILES string of the molecule is CCN(CC(F)(F)F)S(=O)(=O)c1ccc([N+](=O)[O-])cc1N. The third-order valence-electron chi connectivity index (χ3n) is 2.53. The predicted octanol–water partition coefficient (Wildman–Crippen LogP) is 1.75. The number of anilines is 1. The molecule has 21 heavy (non-hydrogen) atoms. The minimum absolute atomic E-state index is 0.199. The van der Waals surface area contributed by atoms with Crippen LogP contribution in [-0.4, -0.2) is 36.9 Å². The van der Waals surface area contributed by atoms with Crippen LogP contribution in [0.15, 0.2) is 23.1 Å². The molecule has 0 radical (unpaired) electrons. The average Bonchev–Trinajstić information content (AvgIpc) is 2.34. The van der Waals surface area contributed by atoms with E-state index in [0.29, 0.717) is 0 Å². The number of halogens is 3. The van der Waals surface area contributed by atoms with Gasteiger partial charge < -0.3 is 5.73 Å². The number of nitro benzene ring substituents is 1. The maximum Gasteiger partial charge on any atom is 0.402 e. The summed E-state index contributed by atoms with van der Waals surface area (Å²) in [5, 5.41) is 10.5. The van der Waals surface area contributed by atoms with Gasteiger partial charge in [-0.25, -0.2) is 8.42 Å². The Balaban J connectivity index is 3.26. The van der Waals surface area contributed by atoms with Crippen LogP contribution in [0.3, 0.4) is 0 Å². The molecule has 0 aliphatic carbocycles. The summed E-state index contributed by atoms with van der Waals surface area (Å²) in [6.45, 7) is -0.842. The van der Waals surface area contributed by atoms with Gasteiger partial charge in [0.1, 0.15) is 11.4 Å². The first kappa shape index (κ1) is 17.2. The molecule has 0 spiro atoms. The molecule has 0 fully saturated rings. The molecule has 1 aromatic carbocycles. The van der Waals surface area contributed by atoms with Crippen molar-refractivity contribution in [3.8, 4) is 0 Å². The van der Waals surface area contributed by atoms with Gasteiger partial charge in [-0.15, -0.1) is 0 Å². The number of rotatable bonds is 5. The molecule has 0 saturated carbocycles. The fourth-order valence-corrected chi connectivity index (χ4v) is 3.12. The molecule has 0 amide bonds. The van der Waals surface area contributed by atoms with Crippen LogP contribution in [-0.2, 0) is 10.0 Å². The number of benzene rings is 1. The minimum atomic E-state index is -4.71. The third kappa shape index (κ3) is 4.04. The lowest BCUT2D eigenvalue weighted by atomic mass is 10.3. The van der Waals surface area contributed by atoms with E-state index in [2.05, 4.69) is 0 Å². The molecule has 0 heterocycles. The highest BCUT2D eigenvalue weighted by Crippen LogP contribution is 2.28. The molecular formula is C10H12F3N3O4S. The minimum Gasteiger partial charge on any atom is -0.397 e. The number of non-ortho nitro benzene ring substituents is 1. The Morgan fingerprint density at radius 2 is 1.95 bits per heavy atom. The lowest BCUT2D eigenvalue weighted by Crippen LogP contribution is -2.39. The van der Waals surface area contributed by atoms with Crippen molar-refractivity contribution in [3.63, 3.8) is 0 Å². The predicted molar refractivity (Wildman–Crippen MR) is 68.0 cm³/mol. The molecule has 0 atom stereocenters. The lowest BCUT2D eigenvalue weighted by Gasteiger charge is -2.22. The number of nitrogens with zero attached hydrogens (tertiary/aromatic N) is 2. The number of hydrogen-bond donors (Lipinski definition) is 1. The maximum absolute atomic E-state index is 12.4. The molecule has 0 unspecified atom stereocenters. The highest BCUT2D eigenvalue weighted by molar-refractivity contribution is 7.89. The highest BCUT2D eigenvalue weighted by atomic mass is 32.2. The van der Waals surface area contributed by atoms with Crippen LogP contribution >= 0.6 is 0 Å². The smallest absolute Gasteiger partial charge is 0.397 e. The van der Waals surface area contributed by atoms with E-state index in [1.165, 1.54) is 6.92 Å². The van der Waals surface area contributed by atoms with E-state index in [1.54, 1.807) is 0 Å². The maximum atomic E-state index is 12.4. The fraction of sp³-hybridized carbons (Fsp3) is 0.400. The average molecular weight is 327 g/mol. The molecular weight excluding hydrogens is 315 g/mol. The van der Waals surface area contributed by atoms with Gasteiger partial charge >= 0.3 is 6.18 Å². The molecule has 0 aromatic heterocycles. The van der Waals surface area contributed by atoms with Crippen molar-refractivity contribution >= 4 is 21.4 Å². The number of nitrogen functional groups attached to an aromatic ring is 1. The van der Waals surface area contributed by atoms with Crippen molar-refractivity contribution in [1.82, 2.24) is 4.31 Å². The van der Waals surface area contributed by atoms with E-state index in [9.17, 15) is 31.7 Å². The lowest BCUT2D eigenvalue weighted by molar-refractivity contribution is -0.384. The van der Waals surface area contributed by atoms with Gasteiger partial charge in [0.25, 0.3) is 5.69 Å². The summed E-state index contributed by atoms with van der Waals surface area (Å²) in [4.78, 5) is 9.14. The van der Waals surface area contributed by atoms with Crippen LogP contribution in [0.5, 0.6) is 0 Å². The first-order valence-corrected chi connectivity index (χ1v) is 7.04. The van der Waals surface area contributed by atoms with E-state index in [0.717, 1.165) is 18.2 Å². The summed E-state index contributed by atoms with van der Waals surface area (Å²) in [5.41, 5.74) is 4.47. The second-order valence-corrected chi connectivity index (χ2v) is 5.93. The van der Waals surface area contributed by atoms with Crippen molar-refractivity contribution in [2.45, 2.75) is 18.0 Å². The molecule has 118 valence electrons. The van der Waals surface area contributed by atoms with Crippen LogP contribution in [0.2, 0.25) is 0 Å². The van der Waals surface area contributed by atoms with Crippen molar-refractivity contribution in [2.24, 2.45) is 0 Å². The zero-order valence-corrected chi connectivity index (χ0v) is 11.6. The summed E-state index contributed by atoms with van der Waals surface area (Å²) in [7, 11) is -4.49. The van der Waals surface area contributed by atoms with Gasteiger partial charge in [-0.1, -0.05) is 6.92 Å². The summed E-state index contributed by atoms with van der Waals surface area (Å²) >= 11 is 0. The topological polar surface area (TPSA) is 107 Å². The van der Waals surface area contributed by atoms with Crippen LogP contribution in [0, 0.1) is 10.1 Å². The Hall–Kier alpha value is -1.88. The van der Waals surface area contributed by atoms with Crippen LogP contribution < -0.4 is 5.73 Å². The van der Waals surface area contributed by atoms with E-state index in [4.69, 9.17) is 5.73 Å². The zero-order valence-electron chi connectivity index (χ0n) is 10.8. The number of nitrogens with two attached hydrogens (primary N) is 1. The molecule has 1 rings (SSSR count). The standard InChI is InChI=1S/C10H12F3N3O4S/c1-2-15(6-10(11,12)13)21(19,20)9-4-3-7(16(17)18)5-8(9)14/h3-5H,2,6,14H2,1H3. The second-order valence-electron chi connectivity index (χ2n) is 4.03. The van der Waals surface area contributed by atoms with Crippen molar-refractivity contribution < 1.29 is 26.5 Å². The molecule has 11 heteroatoms. The Kier molecular flexibility index (Phi) is 4.79. The second kappa shape index (κ2) is 5.85. The van der Waals surface area contributed by atoms with Gasteiger partial charge in [0.15, 0.2) is 0 Å². The Morgan fingerprint density at radius 1 is 1.38 bits per heavy atom. The summed E-state index contributed by atoms with van der Waals surface area (Å²) in [5.74, 6) is 0. The molecule has 2 N–H and O–H groups in total. The first-order chi connectivity index (χ1) is 9.49. The van der Waals surface area contributed by atoms with Crippen molar-refractivity contribution in [2.75, 3.05) is 18.8 Å². The number of hydrogen-bond acceptors (Lipinski definition) is 5. The monoisotopic (exact) mass is 327 g/mol. The van der Waals surface area contributed by atoms with Crippen molar-refractivity contribution in [3.05, 3.63) is 28.3 Å². The number of alkyl halides is 3. The van der Waals surface area contributed by atoms with Gasteiger partial charge in [0, 0.05) is 18.7 Å². The van der Waals surface area contributed by atoms with Gasteiger partial charge in [0.05, 0.1) is 10.6 Å². The number of nitro groups is 1. The molecule has 0 aliphatic rings. The molecule has 0 saturated heterocycles. The van der Waals surface area contributed by atoms with Gasteiger partial charge in [-0.3, -0.25) is 10.1 Å². The van der Waals surface area contributed by atoms with E-state index >= 15 is 0 Å². The van der Waals surface area contributed by atoms with E-state index in [-0.39, 0.29) is 4.31 Å². The van der Waals surface area contributed by atoms with Crippen molar-refractivity contribution in [1.29, 1.82) is 0 Å². The summed E-state index contributed by atoms with van der Waals surface area (Å²) < 4.78 is 61.6. The van der Waals surface area contributed by atoms with Crippen LogP contribution in [0.4, 0.5) is 24.5 Å². The molecule has 7 nitrogen and oxygen atoms in total. The van der Waals surface area contributed by atoms with Crippen LogP contribution in [0.1, 0.15) is 6.92 Å². The molecule has 0 bridgehead atoms. The summed E-state index contributed by atoms with van der Waals surface area (Å²) in [6, 6.07) is 2.47. The Labute approximate surface area is 118 Å². The summed E-state index contributed by atoms with van der Waals surface area (Å²) in [6.07, 6.45) is -4.71. The Bertz CT molecular complexity index is 645. The molecule has 1 aromatic rings. The largest absolute Gasteiger partial charge is 0.402 e. The highest BCUT2D eigenvalue weighted by Gasteiger charge is 2.37. The van der Waals surface area contributed by atoms with Crippen LogP contribution in [0.25, 0.3) is 0 Å². The third-order valence-corrected chi connectivity index (χ3v) is 4.53. The van der Waals surface area contributed by atoms with E-state index in [1.807, 2.05) is 0 Å².